The molecule has 1 aliphatic heterocycles. The summed E-state index contributed by atoms with van der Waals surface area (Å²) in [6.07, 6.45) is -4.04. The van der Waals surface area contributed by atoms with E-state index in [1.54, 1.807) is 12.1 Å². The molecule has 0 fully saturated rings. The fraction of sp³-hybridized carbons (Fsp3) is 0.235. The Morgan fingerprint density at radius 2 is 2.08 bits per heavy atom. The number of nitrogens with two attached hydrogens (primary N) is 1. The molecule has 3 rings (SSSR count). The normalized spacial score (nSPS) is 13.9. The lowest BCUT2D eigenvalue weighted by Crippen LogP contribution is -2.24. The molecule has 0 aromatic heterocycles. The van der Waals surface area contributed by atoms with Gasteiger partial charge < -0.3 is 20.5 Å². The van der Waals surface area contributed by atoms with Gasteiger partial charge in [-0.2, -0.15) is 0 Å². The van der Waals surface area contributed by atoms with Crippen LogP contribution < -0.4 is 20.5 Å². The number of halogens is 4. The zero-order valence-corrected chi connectivity index (χ0v) is 14.2. The summed E-state index contributed by atoms with van der Waals surface area (Å²) in [5.74, 6) is 0.270. The Balaban J connectivity index is 1.75. The van der Waals surface area contributed by atoms with Crippen molar-refractivity contribution in [3.05, 3.63) is 52.5 Å². The highest BCUT2D eigenvalue weighted by atomic mass is 35.5. The number of hydrogen-bond acceptors (Lipinski definition) is 3. The summed E-state index contributed by atoms with van der Waals surface area (Å²) in [4.78, 5) is 4.15. The molecule has 0 amide bonds. The number of fused-ring (bicyclic) bond motifs is 1. The highest BCUT2D eigenvalue weighted by molar-refractivity contribution is 6.30. The second-order valence-electron chi connectivity index (χ2n) is 5.52. The molecule has 0 spiro atoms. The molecule has 5 nitrogen and oxygen atoms in total. The second-order valence-corrected chi connectivity index (χ2v) is 5.96. The summed E-state index contributed by atoms with van der Waals surface area (Å²) in [7, 11) is 0. The van der Waals surface area contributed by atoms with E-state index in [1.165, 1.54) is 18.2 Å². The number of nitrogens with zero attached hydrogens (tertiary/aromatic N) is 1. The SMILES string of the molecule is NC(=NCc1cc(Cl)cc2c1OCC2)Nc1ccccc1OC(F)(F)F. The van der Waals surface area contributed by atoms with Crippen molar-refractivity contribution in [2.75, 3.05) is 11.9 Å². The minimum atomic E-state index is -4.80. The van der Waals surface area contributed by atoms with Gasteiger partial charge in [0.25, 0.3) is 0 Å². The summed E-state index contributed by atoms with van der Waals surface area (Å²) >= 11 is 6.08. The number of anilines is 1. The standard InChI is InChI=1S/C17H15ClF3N3O2/c18-12-7-10-5-6-25-15(10)11(8-12)9-23-16(22)24-13-3-1-2-4-14(13)26-17(19,20)21/h1-4,7-8H,5-6,9H2,(H3,22,23,24). The van der Waals surface area contributed by atoms with Gasteiger partial charge in [0.1, 0.15) is 5.75 Å². The Morgan fingerprint density at radius 3 is 2.85 bits per heavy atom. The highest BCUT2D eigenvalue weighted by Crippen LogP contribution is 2.33. The third kappa shape index (κ3) is 4.51. The minimum Gasteiger partial charge on any atom is -0.493 e. The number of benzene rings is 2. The van der Waals surface area contributed by atoms with E-state index in [4.69, 9.17) is 22.1 Å². The Labute approximate surface area is 152 Å². The van der Waals surface area contributed by atoms with Gasteiger partial charge in [0, 0.05) is 17.0 Å². The summed E-state index contributed by atoms with van der Waals surface area (Å²) < 4.78 is 46.9. The first-order valence-electron chi connectivity index (χ1n) is 7.67. The fourth-order valence-corrected chi connectivity index (χ4v) is 2.86. The molecule has 0 saturated carbocycles. The topological polar surface area (TPSA) is 68.9 Å². The third-order valence-corrected chi connectivity index (χ3v) is 3.84. The molecule has 9 heteroatoms. The lowest BCUT2D eigenvalue weighted by atomic mass is 10.1. The molecule has 26 heavy (non-hydrogen) atoms. The van der Waals surface area contributed by atoms with Gasteiger partial charge in [0.15, 0.2) is 11.7 Å². The Morgan fingerprint density at radius 1 is 1.31 bits per heavy atom. The molecule has 0 atom stereocenters. The van der Waals surface area contributed by atoms with E-state index in [0.717, 1.165) is 23.3 Å². The van der Waals surface area contributed by atoms with Gasteiger partial charge >= 0.3 is 6.36 Å². The number of nitrogens with one attached hydrogen (secondary N) is 1. The number of guanidine groups is 1. The van der Waals surface area contributed by atoms with Crippen LogP contribution in [0.5, 0.6) is 11.5 Å². The van der Waals surface area contributed by atoms with Crippen LogP contribution in [-0.4, -0.2) is 18.9 Å². The van der Waals surface area contributed by atoms with Gasteiger partial charge in [-0.3, -0.25) is 0 Å². The first kappa shape index (κ1) is 18.2. The highest BCUT2D eigenvalue weighted by Gasteiger charge is 2.32. The van der Waals surface area contributed by atoms with Crippen molar-refractivity contribution in [3.63, 3.8) is 0 Å². The fourth-order valence-electron chi connectivity index (χ4n) is 2.59. The van der Waals surface area contributed by atoms with Crippen LogP contribution in [0.2, 0.25) is 5.02 Å². The first-order chi connectivity index (χ1) is 12.3. The van der Waals surface area contributed by atoms with Crippen molar-refractivity contribution in [2.45, 2.75) is 19.3 Å². The summed E-state index contributed by atoms with van der Waals surface area (Å²) in [6.45, 7) is 0.742. The predicted molar refractivity (Wildman–Crippen MR) is 92.7 cm³/mol. The molecule has 1 heterocycles. The van der Waals surface area contributed by atoms with Gasteiger partial charge in [0.05, 0.1) is 18.8 Å². The van der Waals surface area contributed by atoms with Crippen molar-refractivity contribution in [2.24, 2.45) is 10.7 Å². The van der Waals surface area contributed by atoms with Crippen LogP contribution in [0.1, 0.15) is 11.1 Å². The summed E-state index contributed by atoms with van der Waals surface area (Å²) in [6, 6.07) is 9.12. The molecular weight excluding hydrogens is 371 g/mol. The van der Waals surface area contributed by atoms with Crippen LogP contribution in [0.3, 0.4) is 0 Å². The molecule has 2 aromatic rings. The van der Waals surface area contributed by atoms with E-state index in [0.29, 0.717) is 11.6 Å². The van der Waals surface area contributed by atoms with Crippen molar-refractivity contribution in [1.82, 2.24) is 0 Å². The van der Waals surface area contributed by atoms with Crippen LogP contribution in [0.25, 0.3) is 0 Å². The summed E-state index contributed by atoms with van der Waals surface area (Å²) in [5, 5.41) is 3.18. The Bertz CT molecular complexity index is 840. The Kier molecular flexibility index (Phi) is 5.13. The van der Waals surface area contributed by atoms with Crippen molar-refractivity contribution >= 4 is 23.2 Å². The number of aliphatic imine (C=N–C) groups is 1. The van der Waals surface area contributed by atoms with Gasteiger partial charge in [-0.05, 0) is 29.8 Å². The zero-order chi connectivity index (χ0) is 18.7. The number of ether oxygens (including phenoxy) is 2. The van der Waals surface area contributed by atoms with E-state index >= 15 is 0 Å². The van der Waals surface area contributed by atoms with E-state index in [9.17, 15) is 13.2 Å². The van der Waals surface area contributed by atoms with Gasteiger partial charge in [0.2, 0.25) is 0 Å². The quantitative estimate of drug-likeness (QED) is 0.614. The molecule has 0 radical (unpaired) electrons. The van der Waals surface area contributed by atoms with Crippen molar-refractivity contribution in [1.29, 1.82) is 0 Å². The lowest BCUT2D eigenvalue weighted by molar-refractivity contribution is -0.274. The van der Waals surface area contributed by atoms with E-state index in [-0.39, 0.29) is 18.2 Å². The average Bonchev–Trinajstić information content (AvgIpc) is 3.01. The van der Waals surface area contributed by atoms with Crippen LogP contribution in [0.4, 0.5) is 18.9 Å². The van der Waals surface area contributed by atoms with E-state index in [2.05, 4.69) is 15.0 Å². The Hall–Kier alpha value is -2.61. The molecular formula is C17H15ClF3N3O2. The van der Waals surface area contributed by atoms with Crippen LogP contribution in [0.15, 0.2) is 41.4 Å². The molecule has 0 unspecified atom stereocenters. The number of rotatable bonds is 4. The molecule has 0 saturated heterocycles. The number of para-hydroxylation sites is 2. The molecule has 3 N–H and O–H groups in total. The smallest absolute Gasteiger partial charge is 0.493 e. The zero-order valence-electron chi connectivity index (χ0n) is 13.4. The maximum Gasteiger partial charge on any atom is 0.573 e. The summed E-state index contributed by atoms with van der Waals surface area (Å²) in [5.41, 5.74) is 7.61. The maximum absolute atomic E-state index is 12.5. The molecule has 2 aromatic carbocycles. The first-order valence-corrected chi connectivity index (χ1v) is 8.05. The van der Waals surface area contributed by atoms with E-state index in [1.807, 2.05) is 6.07 Å². The lowest BCUT2D eigenvalue weighted by Gasteiger charge is -2.14. The van der Waals surface area contributed by atoms with Crippen molar-refractivity contribution < 1.29 is 22.6 Å². The molecule has 0 aliphatic carbocycles. The number of hydrogen-bond donors (Lipinski definition) is 2. The number of alkyl halides is 3. The van der Waals surface area contributed by atoms with Crippen LogP contribution >= 0.6 is 11.6 Å². The van der Waals surface area contributed by atoms with Gasteiger partial charge in [-0.25, -0.2) is 4.99 Å². The maximum atomic E-state index is 12.5. The second kappa shape index (κ2) is 7.33. The van der Waals surface area contributed by atoms with Crippen LogP contribution in [-0.2, 0) is 13.0 Å². The average molecular weight is 386 g/mol. The largest absolute Gasteiger partial charge is 0.573 e. The molecule has 1 aliphatic rings. The van der Waals surface area contributed by atoms with Gasteiger partial charge in [-0.1, -0.05) is 23.7 Å². The monoisotopic (exact) mass is 385 g/mol. The van der Waals surface area contributed by atoms with E-state index < -0.39 is 12.1 Å². The molecule has 138 valence electrons. The van der Waals surface area contributed by atoms with Crippen molar-refractivity contribution in [3.8, 4) is 11.5 Å². The minimum absolute atomic E-state index is 0.0543. The predicted octanol–water partition coefficient (Wildman–Crippen LogP) is 4.10. The third-order valence-electron chi connectivity index (χ3n) is 3.62. The van der Waals surface area contributed by atoms with Gasteiger partial charge in [-0.15, -0.1) is 13.2 Å². The van der Waals surface area contributed by atoms with Crippen LogP contribution in [0, 0.1) is 0 Å². The molecule has 0 bridgehead atoms.